The highest BCUT2D eigenvalue weighted by Crippen LogP contribution is 2.33. The normalized spacial score (nSPS) is 13.4. The number of nitrogens with one attached hydrogen (secondary N) is 2. The van der Waals surface area contributed by atoms with Crippen molar-refractivity contribution < 1.29 is 23.5 Å². The van der Waals surface area contributed by atoms with Crippen molar-refractivity contribution in [3.05, 3.63) is 93.4 Å². The summed E-state index contributed by atoms with van der Waals surface area (Å²) in [5.74, 6) is -2.09. The van der Waals surface area contributed by atoms with E-state index in [0.717, 1.165) is 17.0 Å². The van der Waals surface area contributed by atoms with Gasteiger partial charge in [-0.1, -0.05) is 41.4 Å². The predicted molar refractivity (Wildman–Crippen MR) is 142 cm³/mol. The number of anilines is 3. The molecule has 1 aliphatic rings. The summed E-state index contributed by atoms with van der Waals surface area (Å²) in [7, 11) is 0. The van der Waals surface area contributed by atoms with E-state index in [-0.39, 0.29) is 27.5 Å². The van der Waals surface area contributed by atoms with Crippen LogP contribution in [-0.2, 0) is 9.59 Å². The van der Waals surface area contributed by atoms with Crippen LogP contribution in [0.3, 0.4) is 0 Å². The van der Waals surface area contributed by atoms with Gasteiger partial charge in [-0.3, -0.25) is 14.4 Å². The lowest BCUT2D eigenvalue weighted by Crippen LogP contribution is -2.32. The molecule has 0 saturated carbocycles. The van der Waals surface area contributed by atoms with Gasteiger partial charge in [0, 0.05) is 11.3 Å². The molecule has 2 N–H and O–H groups in total. The van der Waals surface area contributed by atoms with E-state index in [4.69, 9.17) is 27.9 Å². The van der Waals surface area contributed by atoms with Crippen LogP contribution >= 0.6 is 23.2 Å². The first kappa shape index (κ1) is 26.2. The minimum absolute atomic E-state index is 0.0727. The zero-order valence-electron chi connectivity index (χ0n) is 20.1. The summed E-state index contributed by atoms with van der Waals surface area (Å²) in [6.07, 6.45) is -0.0802. The number of rotatable bonds is 7. The van der Waals surface area contributed by atoms with Crippen molar-refractivity contribution in [2.45, 2.75) is 26.9 Å². The maximum absolute atomic E-state index is 13.6. The Hall–Kier alpha value is -3.88. The summed E-state index contributed by atoms with van der Waals surface area (Å²) >= 11 is 12.0. The van der Waals surface area contributed by atoms with E-state index < -0.39 is 23.5 Å². The molecule has 0 unspecified atom stereocenters. The van der Waals surface area contributed by atoms with Crippen molar-refractivity contribution in [3.8, 4) is 5.75 Å². The molecule has 4 rings (SSSR count). The number of imide groups is 1. The number of carbonyl (C=O) groups excluding carboxylic acids is 3. The minimum Gasteiger partial charge on any atom is -0.489 e. The molecule has 3 aromatic carbocycles. The number of hydrogen-bond donors (Lipinski definition) is 2. The van der Waals surface area contributed by atoms with Crippen molar-refractivity contribution >= 4 is 58.0 Å². The van der Waals surface area contributed by atoms with Crippen LogP contribution in [0.15, 0.2) is 71.4 Å². The quantitative estimate of drug-likeness (QED) is 0.344. The Morgan fingerprint density at radius 1 is 0.973 bits per heavy atom. The highest BCUT2D eigenvalue weighted by molar-refractivity contribution is 6.53. The van der Waals surface area contributed by atoms with E-state index in [9.17, 15) is 18.8 Å². The SMILES string of the molecule is Cc1ccc(C(=O)Nc2ccccc2OC(C)C)cc1NC1=C(Cl)C(=O)N(c2ccc(F)c(Cl)c2)C1=O. The molecule has 1 aliphatic heterocycles. The molecule has 0 aliphatic carbocycles. The van der Waals surface area contributed by atoms with Crippen LogP contribution in [0.1, 0.15) is 29.8 Å². The molecule has 10 heteroatoms. The predicted octanol–water partition coefficient (Wildman–Crippen LogP) is 6.26. The number of halogens is 3. The van der Waals surface area contributed by atoms with Gasteiger partial charge in [-0.25, -0.2) is 9.29 Å². The summed E-state index contributed by atoms with van der Waals surface area (Å²) in [6.45, 7) is 5.54. The Morgan fingerprint density at radius 2 is 1.70 bits per heavy atom. The van der Waals surface area contributed by atoms with Crippen LogP contribution in [0.25, 0.3) is 0 Å². The van der Waals surface area contributed by atoms with Crippen LogP contribution in [-0.4, -0.2) is 23.8 Å². The number of carbonyl (C=O) groups is 3. The van der Waals surface area contributed by atoms with Gasteiger partial charge in [-0.2, -0.15) is 0 Å². The topological polar surface area (TPSA) is 87.7 Å². The molecule has 0 saturated heterocycles. The number of hydrogen-bond acceptors (Lipinski definition) is 5. The van der Waals surface area contributed by atoms with E-state index in [1.165, 1.54) is 6.07 Å². The number of benzene rings is 3. The second-order valence-corrected chi connectivity index (χ2v) is 9.29. The first-order chi connectivity index (χ1) is 17.6. The average Bonchev–Trinajstić information content (AvgIpc) is 3.06. The molecular weight excluding hydrogens is 520 g/mol. The standard InChI is InChI=1S/C27H22Cl2FN3O4/c1-14(2)37-22-7-5-4-6-20(22)32-25(34)16-9-8-15(3)21(12-16)31-24-23(29)26(35)33(27(24)36)17-10-11-19(30)18(28)13-17/h4-14,31H,1-3H3,(H,32,34). The molecule has 37 heavy (non-hydrogen) atoms. The Labute approximate surface area is 222 Å². The molecule has 0 fully saturated rings. The van der Waals surface area contributed by atoms with E-state index in [0.29, 0.717) is 28.3 Å². The lowest BCUT2D eigenvalue weighted by atomic mass is 10.1. The Balaban J connectivity index is 1.58. The molecule has 1 heterocycles. The van der Waals surface area contributed by atoms with Crippen molar-refractivity contribution in [3.63, 3.8) is 0 Å². The van der Waals surface area contributed by atoms with Crippen molar-refractivity contribution in [2.24, 2.45) is 0 Å². The highest BCUT2D eigenvalue weighted by atomic mass is 35.5. The second-order valence-electron chi connectivity index (χ2n) is 8.50. The highest BCUT2D eigenvalue weighted by Gasteiger charge is 2.39. The first-order valence-electron chi connectivity index (χ1n) is 11.2. The van der Waals surface area contributed by atoms with Gasteiger partial charge in [0.1, 0.15) is 22.3 Å². The molecule has 0 aromatic heterocycles. The van der Waals surface area contributed by atoms with Gasteiger partial charge < -0.3 is 15.4 Å². The van der Waals surface area contributed by atoms with Crippen molar-refractivity contribution in [1.82, 2.24) is 0 Å². The molecule has 0 spiro atoms. The summed E-state index contributed by atoms with van der Waals surface area (Å²) in [5, 5.41) is 5.13. The molecule has 0 atom stereocenters. The van der Waals surface area contributed by atoms with Gasteiger partial charge >= 0.3 is 0 Å². The van der Waals surface area contributed by atoms with Gasteiger partial charge in [-0.15, -0.1) is 0 Å². The van der Waals surface area contributed by atoms with Gasteiger partial charge in [-0.05, 0) is 68.8 Å². The average molecular weight is 542 g/mol. The molecule has 0 radical (unpaired) electrons. The largest absolute Gasteiger partial charge is 0.489 e. The number of amides is 3. The lowest BCUT2D eigenvalue weighted by molar-refractivity contribution is -0.120. The number of aryl methyl sites for hydroxylation is 1. The number of ether oxygens (including phenoxy) is 1. The van der Waals surface area contributed by atoms with Crippen LogP contribution in [0, 0.1) is 12.7 Å². The first-order valence-corrected chi connectivity index (χ1v) is 12.0. The maximum Gasteiger partial charge on any atom is 0.283 e. The fourth-order valence-corrected chi connectivity index (χ4v) is 4.01. The molecule has 190 valence electrons. The van der Waals surface area contributed by atoms with E-state index in [1.54, 1.807) is 43.3 Å². The molecular formula is C27H22Cl2FN3O4. The van der Waals surface area contributed by atoms with E-state index in [1.807, 2.05) is 19.9 Å². The molecule has 7 nitrogen and oxygen atoms in total. The van der Waals surface area contributed by atoms with Gasteiger partial charge in [0.2, 0.25) is 0 Å². The van der Waals surface area contributed by atoms with Crippen molar-refractivity contribution in [1.29, 1.82) is 0 Å². The zero-order chi connectivity index (χ0) is 26.9. The lowest BCUT2D eigenvalue weighted by Gasteiger charge is -2.17. The minimum atomic E-state index is -0.787. The number of nitrogens with zero attached hydrogens (tertiary/aromatic N) is 1. The molecule has 0 bridgehead atoms. The fraction of sp³-hybridized carbons (Fsp3) is 0.148. The number of para-hydroxylation sites is 2. The van der Waals surface area contributed by atoms with Crippen LogP contribution < -0.4 is 20.3 Å². The maximum atomic E-state index is 13.6. The zero-order valence-corrected chi connectivity index (χ0v) is 21.6. The third kappa shape index (κ3) is 5.45. The third-order valence-electron chi connectivity index (χ3n) is 5.45. The Bertz CT molecular complexity index is 1460. The van der Waals surface area contributed by atoms with Crippen molar-refractivity contribution in [2.75, 3.05) is 15.5 Å². The van der Waals surface area contributed by atoms with Gasteiger partial charge in [0.15, 0.2) is 0 Å². The van der Waals surface area contributed by atoms with E-state index in [2.05, 4.69) is 10.6 Å². The monoisotopic (exact) mass is 541 g/mol. The van der Waals surface area contributed by atoms with Crippen LogP contribution in [0.2, 0.25) is 5.02 Å². The molecule has 3 amide bonds. The summed E-state index contributed by atoms with van der Waals surface area (Å²) in [4.78, 5) is 39.7. The van der Waals surface area contributed by atoms with Crippen LogP contribution in [0.4, 0.5) is 21.5 Å². The Morgan fingerprint density at radius 3 is 2.41 bits per heavy atom. The summed E-state index contributed by atoms with van der Waals surface area (Å²) in [5.41, 5.74) is 1.79. The van der Waals surface area contributed by atoms with Gasteiger partial charge in [0.25, 0.3) is 17.7 Å². The van der Waals surface area contributed by atoms with Crippen LogP contribution in [0.5, 0.6) is 5.75 Å². The van der Waals surface area contributed by atoms with E-state index >= 15 is 0 Å². The second kappa shape index (κ2) is 10.6. The Kier molecular flexibility index (Phi) is 7.52. The molecule has 3 aromatic rings. The fourth-order valence-electron chi connectivity index (χ4n) is 3.62. The summed E-state index contributed by atoms with van der Waals surface area (Å²) in [6, 6.07) is 15.4. The summed E-state index contributed by atoms with van der Waals surface area (Å²) < 4.78 is 19.3. The smallest absolute Gasteiger partial charge is 0.283 e. The third-order valence-corrected chi connectivity index (χ3v) is 6.09. The van der Waals surface area contributed by atoms with Gasteiger partial charge in [0.05, 0.1) is 22.5 Å².